The summed E-state index contributed by atoms with van der Waals surface area (Å²) in [6.07, 6.45) is 1.60. The van der Waals surface area contributed by atoms with Crippen LogP contribution in [0.25, 0.3) is 6.08 Å². The van der Waals surface area contributed by atoms with E-state index in [-0.39, 0.29) is 11.5 Å². The zero-order valence-corrected chi connectivity index (χ0v) is 17.9. The second kappa shape index (κ2) is 9.14. The Balaban J connectivity index is 1.92. The number of carboxylic acids is 2. The Hall–Kier alpha value is -3.11. The fourth-order valence-corrected chi connectivity index (χ4v) is 3.87. The molecule has 0 unspecified atom stereocenters. The molecular formula is C20H15BrN2O6S. The van der Waals surface area contributed by atoms with E-state index in [2.05, 4.69) is 20.9 Å². The van der Waals surface area contributed by atoms with Gasteiger partial charge in [-0.05, 0) is 54.2 Å². The maximum Gasteiger partial charge on any atom is 0.341 e. The number of rotatable bonds is 6. The summed E-state index contributed by atoms with van der Waals surface area (Å²) in [6, 6.07) is 11.1. The fraction of sp³-hybridized carbons (Fsp3) is 0.100. The molecule has 10 heteroatoms. The van der Waals surface area contributed by atoms with E-state index >= 15 is 0 Å². The summed E-state index contributed by atoms with van der Waals surface area (Å²) in [5.74, 6) is -2.15. The number of carbonyl (C=O) groups is 3. The van der Waals surface area contributed by atoms with Gasteiger partial charge in [-0.1, -0.05) is 22.0 Å². The van der Waals surface area contributed by atoms with Crippen LogP contribution in [0, 0.1) is 0 Å². The molecule has 3 rings (SSSR count). The van der Waals surface area contributed by atoms with Gasteiger partial charge in [-0.25, -0.2) is 14.6 Å². The van der Waals surface area contributed by atoms with Crippen molar-refractivity contribution in [2.24, 2.45) is 4.99 Å². The first-order valence-electron chi connectivity index (χ1n) is 8.48. The number of amides is 1. The zero-order valence-electron chi connectivity index (χ0n) is 15.5. The number of halogens is 1. The summed E-state index contributed by atoms with van der Waals surface area (Å²) < 4.78 is 6.04. The van der Waals surface area contributed by atoms with E-state index in [1.165, 1.54) is 17.0 Å². The third-order valence-electron chi connectivity index (χ3n) is 3.93. The highest BCUT2D eigenvalue weighted by atomic mass is 79.9. The Morgan fingerprint density at radius 1 is 1.23 bits per heavy atom. The number of amidine groups is 1. The van der Waals surface area contributed by atoms with Crippen molar-refractivity contribution in [1.29, 1.82) is 0 Å². The summed E-state index contributed by atoms with van der Waals surface area (Å²) in [6.45, 7) is -0.509. The van der Waals surface area contributed by atoms with Crippen molar-refractivity contribution in [3.63, 3.8) is 0 Å². The molecule has 0 spiro atoms. The van der Waals surface area contributed by atoms with Crippen molar-refractivity contribution in [2.45, 2.75) is 0 Å². The third-order valence-corrected chi connectivity index (χ3v) is 5.48. The molecule has 1 saturated heterocycles. The molecule has 0 saturated carbocycles. The first kappa shape index (κ1) is 21.6. The van der Waals surface area contributed by atoms with E-state index in [9.17, 15) is 14.4 Å². The minimum atomic E-state index is -1.11. The fourth-order valence-electron chi connectivity index (χ4n) is 2.51. The average molecular weight is 491 g/mol. The summed E-state index contributed by atoms with van der Waals surface area (Å²) >= 11 is 4.47. The first-order chi connectivity index (χ1) is 14.2. The van der Waals surface area contributed by atoms with Crippen LogP contribution in [0.4, 0.5) is 5.69 Å². The number of hydrogen-bond donors (Lipinski definition) is 2. The monoisotopic (exact) mass is 490 g/mol. The Labute approximate surface area is 184 Å². The Kier molecular flexibility index (Phi) is 6.58. The minimum Gasteiger partial charge on any atom is -0.481 e. The SMILES string of the molecule is CN1C(=O)/C(=C/c2cc(Br)ccc2OCC(=O)O)SC1=Nc1cccc(C(=O)O)c1. The van der Waals surface area contributed by atoms with Crippen LogP contribution in [0.15, 0.2) is 56.8 Å². The molecule has 0 aliphatic carbocycles. The number of aromatic carboxylic acids is 1. The van der Waals surface area contributed by atoms with Crippen LogP contribution in [0.5, 0.6) is 5.75 Å². The van der Waals surface area contributed by atoms with Gasteiger partial charge in [0.2, 0.25) is 0 Å². The lowest BCUT2D eigenvalue weighted by atomic mass is 10.2. The molecular weight excluding hydrogens is 476 g/mol. The molecule has 30 heavy (non-hydrogen) atoms. The number of ether oxygens (including phenoxy) is 1. The second-order valence-electron chi connectivity index (χ2n) is 6.09. The molecule has 1 aliphatic rings. The lowest BCUT2D eigenvalue weighted by molar-refractivity contribution is -0.139. The number of likely N-dealkylation sites (N-methyl/N-ethyl adjacent to an activating group) is 1. The van der Waals surface area contributed by atoms with Crippen LogP contribution in [-0.2, 0) is 9.59 Å². The lowest BCUT2D eigenvalue weighted by Gasteiger charge is -2.08. The van der Waals surface area contributed by atoms with Gasteiger partial charge in [-0.2, -0.15) is 0 Å². The van der Waals surface area contributed by atoms with Gasteiger partial charge in [0.25, 0.3) is 5.91 Å². The molecule has 1 aliphatic heterocycles. The number of nitrogens with zero attached hydrogens (tertiary/aromatic N) is 2. The van der Waals surface area contributed by atoms with Gasteiger partial charge >= 0.3 is 11.9 Å². The Morgan fingerprint density at radius 2 is 2.00 bits per heavy atom. The molecule has 2 aromatic rings. The second-order valence-corrected chi connectivity index (χ2v) is 8.01. The maximum atomic E-state index is 12.7. The zero-order chi connectivity index (χ0) is 21.8. The van der Waals surface area contributed by atoms with Gasteiger partial charge in [-0.15, -0.1) is 0 Å². The van der Waals surface area contributed by atoms with Gasteiger partial charge in [0.05, 0.1) is 16.2 Å². The highest BCUT2D eigenvalue weighted by molar-refractivity contribution is 9.10. The number of hydrogen-bond acceptors (Lipinski definition) is 6. The van der Waals surface area contributed by atoms with Crippen molar-refractivity contribution < 1.29 is 29.3 Å². The third kappa shape index (κ3) is 5.08. The number of carboxylic acid groups (broad SMARTS) is 2. The summed E-state index contributed by atoms with van der Waals surface area (Å²) in [7, 11) is 1.57. The molecule has 1 amide bonds. The summed E-state index contributed by atoms with van der Waals surface area (Å²) in [4.78, 5) is 40.7. The quantitative estimate of drug-likeness (QED) is 0.590. The molecule has 8 nitrogen and oxygen atoms in total. The van der Waals surface area contributed by atoms with Crippen molar-refractivity contribution in [1.82, 2.24) is 4.90 Å². The van der Waals surface area contributed by atoms with Crippen LogP contribution in [-0.4, -0.2) is 51.8 Å². The average Bonchev–Trinajstić information content (AvgIpc) is 2.95. The van der Waals surface area contributed by atoms with E-state index in [1.54, 1.807) is 43.5 Å². The smallest absolute Gasteiger partial charge is 0.341 e. The summed E-state index contributed by atoms with van der Waals surface area (Å²) in [5.41, 5.74) is 1.04. The number of aliphatic carboxylic acids is 1. The topological polar surface area (TPSA) is 117 Å². The summed E-state index contributed by atoms with van der Waals surface area (Å²) in [5, 5.41) is 18.3. The highest BCUT2D eigenvalue weighted by Crippen LogP contribution is 2.35. The highest BCUT2D eigenvalue weighted by Gasteiger charge is 2.30. The Bertz CT molecular complexity index is 1100. The molecule has 1 fully saturated rings. The van der Waals surface area contributed by atoms with Crippen molar-refractivity contribution >= 4 is 62.5 Å². The van der Waals surface area contributed by atoms with Gasteiger partial charge in [-0.3, -0.25) is 9.69 Å². The number of thioether (sulfide) groups is 1. The number of benzene rings is 2. The predicted molar refractivity (Wildman–Crippen MR) is 116 cm³/mol. The van der Waals surface area contributed by atoms with Gasteiger partial charge < -0.3 is 14.9 Å². The lowest BCUT2D eigenvalue weighted by Crippen LogP contribution is -2.23. The molecule has 0 atom stereocenters. The predicted octanol–water partition coefficient (Wildman–Crippen LogP) is 3.84. The Morgan fingerprint density at radius 3 is 2.70 bits per heavy atom. The van der Waals surface area contributed by atoms with Crippen LogP contribution in [0.2, 0.25) is 0 Å². The van der Waals surface area contributed by atoms with Crippen LogP contribution in [0.1, 0.15) is 15.9 Å². The molecule has 1 heterocycles. The molecule has 2 aromatic carbocycles. The van der Waals surface area contributed by atoms with E-state index < -0.39 is 18.5 Å². The van der Waals surface area contributed by atoms with E-state index in [0.29, 0.717) is 27.1 Å². The molecule has 154 valence electrons. The largest absolute Gasteiger partial charge is 0.481 e. The van der Waals surface area contributed by atoms with E-state index in [0.717, 1.165) is 16.2 Å². The minimum absolute atomic E-state index is 0.0962. The van der Waals surface area contributed by atoms with Gasteiger partial charge in [0.1, 0.15) is 5.75 Å². The van der Waals surface area contributed by atoms with Crippen LogP contribution in [0.3, 0.4) is 0 Å². The molecule has 2 N–H and O–H groups in total. The van der Waals surface area contributed by atoms with E-state index in [4.69, 9.17) is 14.9 Å². The normalized spacial score (nSPS) is 16.3. The van der Waals surface area contributed by atoms with Crippen LogP contribution < -0.4 is 4.74 Å². The maximum absolute atomic E-state index is 12.7. The van der Waals surface area contributed by atoms with Crippen molar-refractivity contribution in [2.75, 3.05) is 13.7 Å². The number of carbonyl (C=O) groups excluding carboxylic acids is 1. The van der Waals surface area contributed by atoms with Crippen LogP contribution >= 0.6 is 27.7 Å². The van der Waals surface area contributed by atoms with Gasteiger partial charge in [0, 0.05) is 17.1 Å². The standard InChI is InChI=1S/C20H15BrN2O6S/c1-23-18(26)16(9-12-7-13(21)5-6-15(12)29-10-17(24)25)30-20(23)22-14-4-2-3-11(8-14)19(27)28/h2-9H,10H2,1H3,(H,24,25)(H,27,28)/b16-9-,22-20?. The van der Waals surface area contributed by atoms with E-state index in [1.807, 2.05) is 0 Å². The molecule has 0 bridgehead atoms. The first-order valence-corrected chi connectivity index (χ1v) is 10.1. The molecule has 0 radical (unpaired) electrons. The van der Waals surface area contributed by atoms with Crippen molar-refractivity contribution in [3.8, 4) is 5.75 Å². The number of aliphatic imine (C=N–C) groups is 1. The van der Waals surface area contributed by atoms with Crippen molar-refractivity contribution in [3.05, 3.63) is 63.0 Å². The van der Waals surface area contributed by atoms with Gasteiger partial charge in [0.15, 0.2) is 11.8 Å². The molecule has 0 aromatic heterocycles.